The lowest BCUT2D eigenvalue weighted by Gasteiger charge is -2.51. The van der Waals surface area contributed by atoms with Gasteiger partial charge in [-0.15, -0.1) is 0 Å². The molecule has 1 saturated carbocycles. The van der Waals surface area contributed by atoms with Crippen LogP contribution in [-0.2, 0) is 27.8 Å². The summed E-state index contributed by atoms with van der Waals surface area (Å²) in [6.07, 6.45) is 7.51. The number of benzene rings is 2. The molecule has 2 aromatic carbocycles. The van der Waals surface area contributed by atoms with Crippen LogP contribution < -0.4 is 14.8 Å². The van der Waals surface area contributed by atoms with E-state index in [9.17, 15) is 18.3 Å². The number of esters is 1. The maximum Gasteiger partial charge on any atom is 0.338 e. The molecular formula is C34H47ClN2O6S. The van der Waals surface area contributed by atoms with E-state index in [0.29, 0.717) is 36.1 Å². The number of allylic oxidation sites excluding steroid dienone is 1. The summed E-state index contributed by atoms with van der Waals surface area (Å²) in [4.78, 5) is 15.3. The van der Waals surface area contributed by atoms with Gasteiger partial charge in [0, 0.05) is 23.5 Å². The molecule has 3 N–H and O–H groups in total. The number of sulfonamides is 1. The highest BCUT2D eigenvalue weighted by Crippen LogP contribution is 2.50. The van der Waals surface area contributed by atoms with E-state index in [1.54, 1.807) is 25.1 Å². The summed E-state index contributed by atoms with van der Waals surface area (Å²) in [7, 11) is -3.63. The van der Waals surface area contributed by atoms with Crippen LogP contribution in [0.15, 0.2) is 48.6 Å². The van der Waals surface area contributed by atoms with E-state index in [1.807, 2.05) is 44.2 Å². The predicted octanol–water partition coefficient (Wildman–Crippen LogP) is 6.28. The highest BCUT2D eigenvalue weighted by Gasteiger charge is 2.47. The minimum absolute atomic E-state index is 0.170. The highest BCUT2D eigenvalue weighted by molar-refractivity contribution is 7.89. The normalized spacial score (nSPS) is 22.3. The molecule has 4 atom stereocenters. The Hall–Kier alpha value is -2.59. The van der Waals surface area contributed by atoms with Crippen LogP contribution in [0.1, 0.15) is 81.3 Å². The van der Waals surface area contributed by atoms with Gasteiger partial charge in [-0.3, -0.25) is 0 Å². The molecule has 0 amide bonds. The summed E-state index contributed by atoms with van der Waals surface area (Å²) in [5, 5.41) is 16.5. The molecule has 1 aliphatic carbocycles. The van der Waals surface area contributed by atoms with Crippen molar-refractivity contribution in [2.75, 3.05) is 24.6 Å². The smallest absolute Gasteiger partial charge is 0.338 e. The van der Waals surface area contributed by atoms with Crippen LogP contribution in [0.3, 0.4) is 0 Å². The number of rotatable bonds is 10. The predicted molar refractivity (Wildman–Crippen MR) is 176 cm³/mol. The minimum Gasteiger partial charge on any atom is -0.487 e. The number of aliphatic hydroxyl groups is 1. The van der Waals surface area contributed by atoms with Gasteiger partial charge in [0.25, 0.3) is 0 Å². The number of carbonyl (C=O) groups is 1. The molecule has 4 rings (SSSR count). The number of fused-ring (bicyclic) bond motifs is 2. The zero-order valence-electron chi connectivity index (χ0n) is 26.3. The number of carbonyl (C=O) groups excluding carboxylic acids is 1. The van der Waals surface area contributed by atoms with Crippen LogP contribution in [0.4, 0.5) is 5.69 Å². The van der Waals surface area contributed by atoms with Gasteiger partial charge >= 0.3 is 5.97 Å². The fourth-order valence-corrected chi connectivity index (χ4v) is 6.48. The van der Waals surface area contributed by atoms with Crippen LogP contribution in [-0.4, -0.2) is 50.5 Å². The number of primary sulfonamides is 1. The maximum atomic E-state index is 13.0. The minimum atomic E-state index is -3.63. The largest absolute Gasteiger partial charge is 0.487 e. The van der Waals surface area contributed by atoms with Gasteiger partial charge in [0.15, 0.2) is 0 Å². The number of nitrogens with two attached hydrogens (primary N) is 1. The molecule has 0 unspecified atom stereocenters. The van der Waals surface area contributed by atoms with Gasteiger partial charge in [-0.1, -0.05) is 50.6 Å². The monoisotopic (exact) mass is 646 g/mol. The molecule has 242 valence electrons. The summed E-state index contributed by atoms with van der Waals surface area (Å²) >= 11 is 6.32. The first-order chi connectivity index (χ1) is 20.8. The van der Waals surface area contributed by atoms with Crippen molar-refractivity contribution < 1.29 is 27.8 Å². The Morgan fingerprint density at radius 2 is 1.98 bits per heavy atom. The van der Waals surface area contributed by atoms with Crippen molar-refractivity contribution in [3.05, 3.63) is 70.3 Å². The summed E-state index contributed by atoms with van der Waals surface area (Å²) < 4.78 is 35.2. The van der Waals surface area contributed by atoms with Gasteiger partial charge in [-0.25, -0.2) is 18.4 Å². The lowest BCUT2D eigenvalue weighted by molar-refractivity contribution is -0.0466. The Labute approximate surface area is 267 Å². The van der Waals surface area contributed by atoms with Crippen molar-refractivity contribution >= 4 is 33.3 Å². The molecule has 1 heterocycles. The maximum absolute atomic E-state index is 13.0. The third kappa shape index (κ3) is 8.56. The van der Waals surface area contributed by atoms with Crippen molar-refractivity contribution in [3.8, 4) is 5.75 Å². The van der Waals surface area contributed by atoms with Crippen LogP contribution in [0.2, 0.25) is 5.02 Å². The highest BCUT2D eigenvalue weighted by atomic mass is 35.5. The number of ether oxygens (including phenoxy) is 2. The number of anilines is 1. The Kier molecular flexibility index (Phi) is 11.4. The molecule has 0 aromatic heterocycles. The average Bonchev–Trinajstić information content (AvgIpc) is 3.00. The molecule has 2 aliphatic rings. The van der Waals surface area contributed by atoms with Crippen LogP contribution >= 0.6 is 11.6 Å². The van der Waals surface area contributed by atoms with Gasteiger partial charge in [0.1, 0.15) is 12.4 Å². The molecule has 0 radical (unpaired) electrons. The number of halogens is 1. The van der Waals surface area contributed by atoms with Crippen molar-refractivity contribution in [2.45, 2.75) is 84.2 Å². The van der Waals surface area contributed by atoms with E-state index in [4.69, 9.17) is 26.2 Å². The van der Waals surface area contributed by atoms with E-state index < -0.39 is 21.4 Å². The molecule has 2 aromatic rings. The van der Waals surface area contributed by atoms with Gasteiger partial charge in [0.2, 0.25) is 10.0 Å². The van der Waals surface area contributed by atoms with Gasteiger partial charge in [-0.05, 0) is 98.7 Å². The zero-order valence-corrected chi connectivity index (χ0v) is 27.9. The second-order valence-electron chi connectivity index (χ2n) is 13.0. The third-order valence-corrected chi connectivity index (χ3v) is 10.7. The summed E-state index contributed by atoms with van der Waals surface area (Å²) in [5.74, 6) is 0.723. The Balaban J connectivity index is 1.60. The second-order valence-corrected chi connectivity index (χ2v) is 15.4. The summed E-state index contributed by atoms with van der Waals surface area (Å²) in [5.41, 5.74) is 3.20. The van der Waals surface area contributed by atoms with Crippen molar-refractivity contribution in [1.29, 1.82) is 0 Å². The first-order valence-corrected chi connectivity index (χ1v) is 17.6. The van der Waals surface area contributed by atoms with Gasteiger partial charge in [0.05, 0.1) is 29.2 Å². The quantitative estimate of drug-likeness (QED) is 0.230. The average molecular weight is 647 g/mol. The van der Waals surface area contributed by atoms with E-state index in [1.165, 1.54) is 5.56 Å². The van der Waals surface area contributed by atoms with E-state index in [0.717, 1.165) is 49.9 Å². The van der Waals surface area contributed by atoms with E-state index >= 15 is 0 Å². The molecule has 8 nitrogen and oxygen atoms in total. The Morgan fingerprint density at radius 3 is 2.66 bits per heavy atom. The molecule has 1 aliphatic heterocycles. The van der Waals surface area contributed by atoms with Crippen molar-refractivity contribution in [2.24, 2.45) is 22.4 Å². The molecular weight excluding hydrogens is 600 g/mol. The topological polar surface area (TPSA) is 119 Å². The molecule has 0 bridgehead atoms. The number of aliphatic hydroxyl groups excluding tert-OH is 1. The lowest BCUT2D eigenvalue weighted by Crippen LogP contribution is -2.51. The Morgan fingerprint density at radius 1 is 1.20 bits per heavy atom. The Bertz CT molecular complexity index is 1450. The lowest BCUT2D eigenvalue weighted by atomic mass is 9.58. The van der Waals surface area contributed by atoms with Gasteiger partial charge in [-0.2, -0.15) is 0 Å². The number of aryl methyl sites for hydroxylation is 1. The number of hydrogen-bond acceptors (Lipinski definition) is 7. The first kappa shape index (κ1) is 34.3. The summed E-state index contributed by atoms with van der Waals surface area (Å²) in [6.45, 7) is 9.81. The van der Waals surface area contributed by atoms with E-state index in [-0.39, 0.29) is 29.6 Å². The molecule has 1 fully saturated rings. The SMILES string of the molecule is CC(C)COC(=O)c1ccc2c(c1)N(C[C@H]1CC[C@]1(C)[C@@H](O)/C=C/C[C@@H](C)S(N)(=O)=O)CCCCc1cc(Cl)ccc1CO2. The second kappa shape index (κ2) is 14.7. The third-order valence-electron chi connectivity index (χ3n) is 9.19. The molecule has 0 spiro atoms. The molecule has 10 heteroatoms. The molecule has 44 heavy (non-hydrogen) atoms. The van der Waals surface area contributed by atoms with Crippen LogP contribution in [0, 0.1) is 17.3 Å². The van der Waals surface area contributed by atoms with Crippen LogP contribution in [0.5, 0.6) is 5.75 Å². The van der Waals surface area contributed by atoms with Gasteiger partial charge < -0.3 is 19.5 Å². The zero-order chi connectivity index (χ0) is 32.1. The van der Waals surface area contributed by atoms with Crippen LogP contribution in [0.25, 0.3) is 0 Å². The number of hydrogen-bond donors (Lipinski definition) is 2. The fraction of sp³-hybridized carbons (Fsp3) is 0.559. The summed E-state index contributed by atoms with van der Waals surface area (Å²) in [6, 6.07) is 11.4. The van der Waals surface area contributed by atoms with Crippen molar-refractivity contribution in [1.82, 2.24) is 0 Å². The van der Waals surface area contributed by atoms with Crippen molar-refractivity contribution in [3.63, 3.8) is 0 Å². The number of nitrogens with zero attached hydrogens (tertiary/aromatic N) is 1. The first-order valence-electron chi connectivity index (χ1n) is 15.6. The fourth-order valence-electron chi connectivity index (χ4n) is 5.90. The molecule has 0 saturated heterocycles. The van der Waals surface area contributed by atoms with E-state index in [2.05, 4.69) is 11.8 Å². The standard InChI is InChI=1S/C34H47ClN2O6S/c1-23(2)21-43-33(39)26-12-14-31-30(19-26)37(17-6-5-9-25-18-29(35)13-11-27(25)22-42-31)20-28-15-16-34(28,4)32(38)10-7-8-24(3)44(36,40)41/h7,10-14,18-19,23-24,28,32,38H,5-6,8-9,15-17,20-22H2,1-4H3,(H2,36,40,41)/b10-7+/t24-,28-,32+,34+/m1/s1.